The summed E-state index contributed by atoms with van der Waals surface area (Å²) in [5, 5.41) is 11.0. The molecule has 0 spiro atoms. The van der Waals surface area contributed by atoms with E-state index in [1.54, 1.807) is 0 Å². The Hall–Kier alpha value is -1.61. The van der Waals surface area contributed by atoms with E-state index in [1.165, 1.54) is 24.0 Å². The molecule has 1 aliphatic heterocycles. The number of guanidine groups is 1. The molecule has 6 nitrogen and oxygen atoms in total. The molecule has 0 saturated carbocycles. The van der Waals surface area contributed by atoms with Gasteiger partial charge in [-0.05, 0) is 57.2 Å². The normalized spacial score (nSPS) is 15.7. The van der Waals surface area contributed by atoms with Crippen LogP contribution in [0, 0.1) is 12.8 Å². The van der Waals surface area contributed by atoms with Crippen molar-refractivity contribution in [3.05, 3.63) is 52.9 Å². The first kappa shape index (κ1) is 25.6. The Morgan fingerprint density at radius 1 is 1.19 bits per heavy atom. The number of aliphatic imine (C=N–C) groups is 1. The fourth-order valence-corrected chi connectivity index (χ4v) is 3.72. The first-order chi connectivity index (χ1) is 14.5. The number of hydrogen-bond acceptors (Lipinski definition) is 4. The van der Waals surface area contributed by atoms with Crippen molar-refractivity contribution in [2.75, 3.05) is 26.2 Å². The van der Waals surface area contributed by atoms with E-state index in [0.29, 0.717) is 18.4 Å². The number of aryl methyl sites for hydroxylation is 1. The molecule has 0 aliphatic carbocycles. The number of rotatable bonds is 8. The first-order valence-electron chi connectivity index (χ1n) is 11.3. The van der Waals surface area contributed by atoms with E-state index in [2.05, 4.69) is 77.6 Å². The van der Waals surface area contributed by atoms with E-state index in [1.807, 2.05) is 6.07 Å². The molecule has 7 heteroatoms. The lowest BCUT2D eigenvalue weighted by Crippen LogP contribution is -2.42. The van der Waals surface area contributed by atoms with Crippen molar-refractivity contribution in [3.63, 3.8) is 0 Å². The molecule has 3 rings (SSSR count). The zero-order valence-corrected chi connectivity index (χ0v) is 21.7. The standard InChI is InChI=1S/C24H37N5O.HI/c1-5-25-24(27-16-22-14-23(18(2)3)28-30-22)26-15-20-10-12-29(13-11-20)17-21-8-6-19(4)7-9-21;/h6-9,14,18,20H,5,10-13,15-17H2,1-4H3,(H2,25,26,27);1H. The molecule has 0 atom stereocenters. The van der Waals surface area contributed by atoms with Gasteiger partial charge in [-0.2, -0.15) is 0 Å². The smallest absolute Gasteiger partial charge is 0.191 e. The predicted octanol–water partition coefficient (Wildman–Crippen LogP) is 4.69. The number of piperidine rings is 1. The van der Waals surface area contributed by atoms with E-state index in [-0.39, 0.29) is 24.0 Å². The van der Waals surface area contributed by atoms with Crippen molar-refractivity contribution in [2.24, 2.45) is 10.9 Å². The van der Waals surface area contributed by atoms with Crippen molar-refractivity contribution in [3.8, 4) is 0 Å². The molecular weight excluding hydrogens is 501 g/mol. The highest BCUT2D eigenvalue weighted by Gasteiger charge is 2.19. The van der Waals surface area contributed by atoms with Gasteiger partial charge in [-0.25, -0.2) is 4.99 Å². The summed E-state index contributed by atoms with van der Waals surface area (Å²) in [4.78, 5) is 7.24. The molecule has 2 N–H and O–H groups in total. The van der Waals surface area contributed by atoms with Crippen LogP contribution in [-0.4, -0.2) is 42.2 Å². The van der Waals surface area contributed by atoms with Crippen LogP contribution >= 0.6 is 24.0 Å². The van der Waals surface area contributed by atoms with Crippen LogP contribution in [0.2, 0.25) is 0 Å². The maximum Gasteiger partial charge on any atom is 0.191 e. The van der Waals surface area contributed by atoms with Crippen LogP contribution < -0.4 is 10.6 Å². The fraction of sp³-hybridized carbons (Fsp3) is 0.583. The molecule has 1 saturated heterocycles. The van der Waals surface area contributed by atoms with Gasteiger partial charge >= 0.3 is 0 Å². The van der Waals surface area contributed by atoms with Crippen molar-refractivity contribution < 1.29 is 4.52 Å². The molecule has 1 aliphatic rings. The van der Waals surface area contributed by atoms with Crippen LogP contribution in [0.1, 0.15) is 62.1 Å². The van der Waals surface area contributed by atoms with Gasteiger partial charge in [0.05, 0.1) is 5.69 Å². The number of aromatic nitrogens is 1. The van der Waals surface area contributed by atoms with Gasteiger partial charge in [0.25, 0.3) is 0 Å². The summed E-state index contributed by atoms with van der Waals surface area (Å²) in [5.41, 5.74) is 3.72. The summed E-state index contributed by atoms with van der Waals surface area (Å²) in [6.45, 7) is 14.1. The van der Waals surface area contributed by atoms with Gasteiger partial charge < -0.3 is 15.2 Å². The number of likely N-dealkylation sites (tertiary alicyclic amines) is 1. The molecule has 1 fully saturated rings. The molecule has 0 radical (unpaired) electrons. The maximum absolute atomic E-state index is 5.40. The highest BCUT2D eigenvalue weighted by Crippen LogP contribution is 2.19. The fourth-order valence-electron chi connectivity index (χ4n) is 3.72. The number of halogens is 1. The third-order valence-corrected chi connectivity index (χ3v) is 5.70. The molecule has 0 amide bonds. The molecular formula is C24H38IN5O. The molecule has 0 bridgehead atoms. The van der Waals surface area contributed by atoms with Crippen molar-refractivity contribution >= 4 is 29.9 Å². The SMILES string of the molecule is CCNC(=NCc1cc(C(C)C)no1)NCC1CCN(Cc2ccc(C)cc2)CC1.I. The highest BCUT2D eigenvalue weighted by molar-refractivity contribution is 14.0. The van der Waals surface area contributed by atoms with Gasteiger partial charge in [-0.15, -0.1) is 24.0 Å². The second kappa shape index (κ2) is 13.1. The highest BCUT2D eigenvalue weighted by atomic mass is 127. The largest absolute Gasteiger partial charge is 0.359 e. The summed E-state index contributed by atoms with van der Waals surface area (Å²) < 4.78 is 5.40. The second-order valence-corrected chi connectivity index (χ2v) is 8.65. The van der Waals surface area contributed by atoms with Crippen molar-refractivity contribution in [1.82, 2.24) is 20.7 Å². The van der Waals surface area contributed by atoms with Crippen LogP contribution in [0.5, 0.6) is 0 Å². The van der Waals surface area contributed by atoms with Gasteiger partial charge in [0.2, 0.25) is 0 Å². The lowest BCUT2D eigenvalue weighted by atomic mass is 9.96. The minimum Gasteiger partial charge on any atom is -0.359 e. The summed E-state index contributed by atoms with van der Waals surface area (Å²) >= 11 is 0. The molecule has 172 valence electrons. The Bertz CT molecular complexity index is 795. The lowest BCUT2D eigenvalue weighted by molar-refractivity contribution is 0.178. The van der Waals surface area contributed by atoms with Gasteiger partial charge in [-0.1, -0.05) is 48.8 Å². The molecule has 1 aromatic heterocycles. The molecule has 2 aromatic rings. The van der Waals surface area contributed by atoms with Crippen LogP contribution in [0.4, 0.5) is 0 Å². The minimum absolute atomic E-state index is 0. The Morgan fingerprint density at radius 2 is 1.90 bits per heavy atom. The zero-order chi connectivity index (χ0) is 21.3. The Balaban J connectivity index is 0.00000341. The van der Waals surface area contributed by atoms with Crippen molar-refractivity contribution in [1.29, 1.82) is 0 Å². The molecule has 1 aromatic carbocycles. The van der Waals surface area contributed by atoms with Gasteiger partial charge in [0, 0.05) is 25.7 Å². The average molecular weight is 540 g/mol. The maximum atomic E-state index is 5.40. The summed E-state index contributed by atoms with van der Waals surface area (Å²) in [5.74, 6) is 2.71. The third-order valence-electron chi connectivity index (χ3n) is 5.70. The number of hydrogen-bond donors (Lipinski definition) is 2. The van der Waals surface area contributed by atoms with Crippen LogP contribution in [0.3, 0.4) is 0 Å². The summed E-state index contributed by atoms with van der Waals surface area (Å²) in [6, 6.07) is 10.9. The lowest BCUT2D eigenvalue weighted by Gasteiger charge is -2.32. The Labute approximate surface area is 204 Å². The molecule has 0 unspecified atom stereocenters. The summed E-state index contributed by atoms with van der Waals surface area (Å²) in [7, 11) is 0. The second-order valence-electron chi connectivity index (χ2n) is 8.65. The van der Waals surface area contributed by atoms with Crippen LogP contribution in [0.25, 0.3) is 0 Å². The molecule has 2 heterocycles. The average Bonchev–Trinajstić information content (AvgIpc) is 3.22. The van der Waals surface area contributed by atoms with Gasteiger partial charge in [0.1, 0.15) is 6.54 Å². The van der Waals surface area contributed by atoms with E-state index in [9.17, 15) is 0 Å². The van der Waals surface area contributed by atoms with E-state index in [4.69, 9.17) is 4.52 Å². The van der Waals surface area contributed by atoms with E-state index < -0.39 is 0 Å². The quantitative estimate of drug-likeness (QED) is 0.290. The monoisotopic (exact) mass is 539 g/mol. The van der Waals surface area contributed by atoms with E-state index >= 15 is 0 Å². The predicted molar refractivity (Wildman–Crippen MR) is 138 cm³/mol. The Morgan fingerprint density at radius 3 is 2.52 bits per heavy atom. The number of nitrogens with one attached hydrogen (secondary N) is 2. The first-order valence-corrected chi connectivity index (χ1v) is 11.3. The third kappa shape index (κ3) is 8.44. The minimum atomic E-state index is 0. The molecule has 31 heavy (non-hydrogen) atoms. The van der Waals surface area contributed by atoms with Gasteiger partial charge in [0.15, 0.2) is 11.7 Å². The van der Waals surface area contributed by atoms with Crippen LogP contribution in [0.15, 0.2) is 39.8 Å². The zero-order valence-electron chi connectivity index (χ0n) is 19.4. The number of benzene rings is 1. The Kier molecular flexibility index (Phi) is 10.8. The van der Waals surface area contributed by atoms with Crippen molar-refractivity contribution in [2.45, 2.75) is 59.5 Å². The van der Waals surface area contributed by atoms with E-state index in [0.717, 1.165) is 50.1 Å². The van der Waals surface area contributed by atoms with Gasteiger partial charge in [-0.3, -0.25) is 4.90 Å². The summed E-state index contributed by atoms with van der Waals surface area (Å²) in [6.07, 6.45) is 2.44. The topological polar surface area (TPSA) is 65.7 Å². The number of nitrogens with zero attached hydrogens (tertiary/aromatic N) is 3. The van der Waals surface area contributed by atoms with Crippen LogP contribution in [-0.2, 0) is 13.1 Å².